The summed E-state index contributed by atoms with van der Waals surface area (Å²) in [5.41, 5.74) is 1.24. The number of aliphatic hydroxyl groups excluding tert-OH is 1. The summed E-state index contributed by atoms with van der Waals surface area (Å²) >= 11 is 12.4. The van der Waals surface area contributed by atoms with E-state index in [0.29, 0.717) is 39.9 Å². The van der Waals surface area contributed by atoms with Crippen LogP contribution in [0.3, 0.4) is 0 Å². The van der Waals surface area contributed by atoms with Gasteiger partial charge in [-0.15, -0.1) is 0 Å². The highest BCUT2D eigenvalue weighted by Crippen LogP contribution is 2.37. The Labute approximate surface area is 128 Å². The van der Waals surface area contributed by atoms with Gasteiger partial charge in [-0.05, 0) is 19.1 Å². The first-order chi connectivity index (χ1) is 9.58. The summed E-state index contributed by atoms with van der Waals surface area (Å²) < 4.78 is 10.7. The quantitative estimate of drug-likeness (QED) is 0.875. The highest BCUT2D eigenvalue weighted by atomic mass is 35.5. The van der Waals surface area contributed by atoms with E-state index < -0.39 is 6.10 Å². The Morgan fingerprint density at radius 3 is 2.60 bits per heavy atom. The van der Waals surface area contributed by atoms with Crippen molar-refractivity contribution in [2.45, 2.75) is 26.4 Å². The molecule has 0 fully saturated rings. The van der Waals surface area contributed by atoms with E-state index in [9.17, 15) is 5.11 Å². The Morgan fingerprint density at radius 1 is 1.20 bits per heavy atom. The number of benzene rings is 1. The minimum atomic E-state index is -0.871. The van der Waals surface area contributed by atoms with Crippen LogP contribution in [-0.2, 0) is 6.42 Å². The number of hydrogen-bond acceptors (Lipinski definition) is 3. The molecule has 0 bridgehead atoms. The lowest BCUT2D eigenvalue weighted by atomic mass is 10.0. The molecule has 0 spiro atoms. The zero-order valence-electron chi connectivity index (χ0n) is 11.3. The standard InChI is InChI=1S/C15H16Cl2O3/c1-3-13-9(5-6-20-13)15(18)10-7-12(17)14(19-4-2)8-11(10)16/h5-8,15,18H,3-4H2,1-2H3. The van der Waals surface area contributed by atoms with Crippen molar-refractivity contribution in [3.8, 4) is 5.75 Å². The average molecular weight is 315 g/mol. The van der Waals surface area contributed by atoms with E-state index in [1.165, 1.54) is 0 Å². The van der Waals surface area contributed by atoms with E-state index in [2.05, 4.69) is 0 Å². The predicted molar refractivity (Wildman–Crippen MR) is 79.8 cm³/mol. The van der Waals surface area contributed by atoms with Gasteiger partial charge in [-0.25, -0.2) is 0 Å². The molecule has 1 N–H and O–H groups in total. The number of aliphatic hydroxyl groups is 1. The van der Waals surface area contributed by atoms with Crippen molar-refractivity contribution in [1.82, 2.24) is 0 Å². The molecule has 1 aromatic heterocycles. The summed E-state index contributed by atoms with van der Waals surface area (Å²) in [4.78, 5) is 0. The van der Waals surface area contributed by atoms with Crippen molar-refractivity contribution in [2.24, 2.45) is 0 Å². The molecule has 1 aromatic carbocycles. The van der Waals surface area contributed by atoms with Gasteiger partial charge in [0.25, 0.3) is 0 Å². The summed E-state index contributed by atoms with van der Waals surface area (Å²) in [6.07, 6.45) is 1.38. The summed E-state index contributed by atoms with van der Waals surface area (Å²) in [6, 6.07) is 4.99. The molecule has 0 aliphatic carbocycles. The van der Waals surface area contributed by atoms with Crippen LogP contribution in [0, 0.1) is 0 Å². The van der Waals surface area contributed by atoms with E-state index >= 15 is 0 Å². The second kappa shape index (κ2) is 6.53. The first-order valence-corrected chi connectivity index (χ1v) is 7.20. The molecule has 3 nitrogen and oxygen atoms in total. The van der Waals surface area contributed by atoms with Gasteiger partial charge in [0, 0.05) is 23.6 Å². The van der Waals surface area contributed by atoms with Crippen molar-refractivity contribution in [3.05, 3.63) is 51.4 Å². The SMILES string of the molecule is CCOc1cc(Cl)c(C(O)c2ccoc2CC)cc1Cl. The topological polar surface area (TPSA) is 42.6 Å². The number of aryl methyl sites for hydroxylation is 1. The van der Waals surface area contributed by atoms with Crippen molar-refractivity contribution < 1.29 is 14.3 Å². The molecule has 0 amide bonds. The zero-order chi connectivity index (χ0) is 14.7. The van der Waals surface area contributed by atoms with Crippen LogP contribution in [0.25, 0.3) is 0 Å². The lowest BCUT2D eigenvalue weighted by molar-refractivity contribution is 0.217. The molecule has 0 radical (unpaired) electrons. The van der Waals surface area contributed by atoms with Crippen LogP contribution in [0.2, 0.25) is 10.0 Å². The molecule has 0 saturated carbocycles. The molecule has 0 saturated heterocycles. The maximum Gasteiger partial charge on any atom is 0.139 e. The number of furan rings is 1. The molecule has 1 heterocycles. The summed E-state index contributed by atoms with van der Waals surface area (Å²) in [5, 5.41) is 11.3. The molecular weight excluding hydrogens is 299 g/mol. The largest absolute Gasteiger partial charge is 0.492 e. The van der Waals surface area contributed by atoms with Crippen molar-refractivity contribution in [3.63, 3.8) is 0 Å². The molecule has 0 aliphatic rings. The first-order valence-electron chi connectivity index (χ1n) is 6.44. The predicted octanol–water partition coefficient (Wildman–Crippen LogP) is 4.63. The maximum absolute atomic E-state index is 10.5. The van der Waals surface area contributed by atoms with Crippen molar-refractivity contribution in [2.75, 3.05) is 6.61 Å². The van der Waals surface area contributed by atoms with Crippen molar-refractivity contribution in [1.29, 1.82) is 0 Å². The van der Waals surface area contributed by atoms with Crippen LogP contribution in [0.1, 0.15) is 36.8 Å². The third kappa shape index (κ3) is 2.95. The molecule has 0 aliphatic heterocycles. The highest BCUT2D eigenvalue weighted by Gasteiger charge is 2.20. The normalized spacial score (nSPS) is 12.4. The molecule has 2 aromatic rings. The van der Waals surface area contributed by atoms with Crippen LogP contribution in [0.4, 0.5) is 0 Å². The Morgan fingerprint density at radius 2 is 1.95 bits per heavy atom. The van der Waals surface area contributed by atoms with Crippen LogP contribution < -0.4 is 4.74 Å². The zero-order valence-corrected chi connectivity index (χ0v) is 12.8. The maximum atomic E-state index is 10.5. The molecule has 5 heteroatoms. The Hall–Kier alpha value is -1.16. The first kappa shape index (κ1) is 15.2. The fraction of sp³-hybridized carbons (Fsp3) is 0.333. The van der Waals surface area contributed by atoms with Gasteiger partial charge >= 0.3 is 0 Å². The summed E-state index contributed by atoms with van der Waals surface area (Å²) in [6.45, 7) is 4.33. The van der Waals surface area contributed by atoms with Gasteiger partial charge in [0.1, 0.15) is 17.6 Å². The van der Waals surface area contributed by atoms with E-state index in [4.69, 9.17) is 32.4 Å². The van der Waals surface area contributed by atoms with Gasteiger partial charge in [-0.1, -0.05) is 30.1 Å². The van der Waals surface area contributed by atoms with E-state index in [-0.39, 0.29) is 0 Å². The van der Waals surface area contributed by atoms with Gasteiger partial charge < -0.3 is 14.3 Å². The molecular formula is C15H16Cl2O3. The monoisotopic (exact) mass is 314 g/mol. The van der Waals surface area contributed by atoms with Gasteiger partial charge in [0.2, 0.25) is 0 Å². The molecule has 1 unspecified atom stereocenters. The minimum absolute atomic E-state index is 0.411. The lowest BCUT2D eigenvalue weighted by Crippen LogP contribution is -2.03. The van der Waals surface area contributed by atoms with Crippen LogP contribution in [0.15, 0.2) is 28.9 Å². The fourth-order valence-electron chi connectivity index (χ4n) is 2.07. The third-order valence-electron chi connectivity index (χ3n) is 3.04. The highest BCUT2D eigenvalue weighted by molar-refractivity contribution is 6.34. The van der Waals surface area contributed by atoms with E-state index in [0.717, 1.165) is 5.76 Å². The number of hydrogen-bond donors (Lipinski definition) is 1. The van der Waals surface area contributed by atoms with Gasteiger partial charge in [0.15, 0.2) is 0 Å². The third-order valence-corrected chi connectivity index (χ3v) is 3.66. The Kier molecular flexibility index (Phi) is 4.97. The van der Waals surface area contributed by atoms with Gasteiger partial charge in [-0.3, -0.25) is 0 Å². The molecule has 1 atom stereocenters. The molecule has 20 heavy (non-hydrogen) atoms. The number of halogens is 2. The van der Waals surface area contributed by atoms with Crippen LogP contribution in [0.5, 0.6) is 5.75 Å². The molecule has 108 valence electrons. The molecule has 2 rings (SSSR count). The van der Waals surface area contributed by atoms with Crippen molar-refractivity contribution >= 4 is 23.2 Å². The fourth-order valence-corrected chi connectivity index (χ4v) is 2.55. The van der Waals surface area contributed by atoms with Gasteiger partial charge in [0.05, 0.1) is 22.9 Å². The lowest BCUT2D eigenvalue weighted by Gasteiger charge is -2.15. The van der Waals surface area contributed by atoms with Crippen LogP contribution in [-0.4, -0.2) is 11.7 Å². The van der Waals surface area contributed by atoms with E-state index in [1.54, 1.807) is 24.5 Å². The second-order valence-corrected chi connectivity index (χ2v) is 5.11. The summed E-state index contributed by atoms with van der Waals surface area (Å²) in [5.74, 6) is 1.25. The minimum Gasteiger partial charge on any atom is -0.492 e. The van der Waals surface area contributed by atoms with Gasteiger partial charge in [-0.2, -0.15) is 0 Å². The second-order valence-electron chi connectivity index (χ2n) is 4.29. The average Bonchev–Trinajstić information content (AvgIpc) is 2.90. The van der Waals surface area contributed by atoms with E-state index in [1.807, 2.05) is 13.8 Å². The Bertz CT molecular complexity index is 593. The van der Waals surface area contributed by atoms with Crippen LogP contribution >= 0.6 is 23.2 Å². The summed E-state index contributed by atoms with van der Waals surface area (Å²) in [7, 11) is 0. The number of ether oxygens (including phenoxy) is 1. The Balaban J connectivity index is 2.40. The number of rotatable bonds is 5. The smallest absolute Gasteiger partial charge is 0.139 e.